The van der Waals surface area contributed by atoms with Crippen LogP contribution < -0.4 is 10.1 Å². The smallest absolute Gasteiger partial charge is 0.306 e. The van der Waals surface area contributed by atoms with Gasteiger partial charge >= 0.3 is 5.97 Å². The van der Waals surface area contributed by atoms with Gasteiger partial charge < -0.3 is 15.2 Å². The highest BCUT2D eigenvalue weighted by Crippen LogP contribution is 2.34. The van der Waals surface area contributed by atoms with Gasteiger partial charge in [-0.05, 0) is 37.3 Å². The van der Waals surface area contributed by atoms with Crippen molar-refractivity contribution < 1.29 is 19.0 Å². The lowest BCUT2D eigenvalue weighted by molar-refractivity contribution is -0.143. The van der Waals surface area contributed by atoms with Crippen LogP contribution in [-0.2, 0) is 11.2 Å². The predicted octanol–water partition coefficient (Wildman–Crippen LogP) is 6.72. The van der Waals surface area contributed by atoms with Crippen LogP contribution >= 0.6 is 35.3 Å². The molecule has 2 aromatic heterocycles. The van der Waals surface area contributed by atoms with E-state index in [0.717, 1.165) is 18.5 Å². The number of anilines is 2. The van der Waals surface area contributed by atoms with Crippen LogP contribution in [0.5, 0.6) is 11.5 Å². The van der Waals surface area contributed by atoms with Gasteiger partial charge in [0.2, 0.25) is 0 Å². The van der Waals surface area contributed by atoms with Crippen LogP contribution in [-0.4, -0.2) is 21.0 Å². The average Bonchev–Trinajstić information content (AvgIpc) is 3.24. The van der Waals surface area contributed by atoms with E-state index in [4.69, 9.17) is 16.3 Å². The molecule has 0 radical (unpaired) electrons. The number of aromatic nitrogens is 2. The van der Waals surface area contributed by atoms with Gasteiger partial charge in [0.25, 0.3) is 0 Å². The monoisotopic (exact) mass is 497 g/mol. The maximum atomic E-state index is 14.3. The minimum atomic E-state index is -0.739. The van der Waals surface area contributed by atoms with Crippen molar-refractivity contribution in [2.75, 3.05) is 5.32 Å². The lowest BCUT2D eigenvalue weighted by atomic mass is 9.79. The summed E-state index contributed by atoms with van der Waals surface area (Å²) in [7, 11) is 0. The second-order valence-electron chi connectivity index (χ2n) is 7.57. The van der Waals surface area contributed by atoms with Gasteiger partial charge in [0.05, 0.1) is 10.9 Å². The number of hydrogen-bond donors (Lipinski definition) is 2. The maximum absolute atomic E-state index is 14.3. The van der Waals surface area contributed by atoms with Gasteiger partial charge in [-0.15, -0.1) is 23.7 Å². The summed E-state index contributed by atoms with van der Waals surface area (Å²) in [5.41, 5.74) is 0.745. The molecule has 2 N–H and O–H groups in total. The van der Waals surface area contributed by atoms with Crippen LogP contribution in [0.2, 0.25) is 5.02 Å². The molecule has 1 aliphatic rings. The van der Waals surface area contributed by atoms with Gasteiger partial charge in [-0.25, -0.2) is 14.4 Å². The van der Waals surface area contributed by atoms with Crippen molar-refractivity contribution >= 4 is 52.3 Å². The largest absolute Gasteiger partial charge is 0.481 e. The Morgan fingerprint density at radius 3 is 2.94 bits per heavy atom. The molecule has 32 heavy (non-hydrogen) atoms. The van der Waals surface area contributed by atoms with E-state index in [-0.39, 0.29) is 35.0 Å². The lowest BCUT2D eigenvalue weighted by Gasteiger charge is -2.26. The quantitative estimate of drug-likeness (QED) is 0.376. The summed E-state index contributed by atoms with van der Waals surface area (Å²) in [6.07, 6.45) is 5.48. The molecule has 0 aliphatic heterocycles. The number of rotatable bonds is 7. The Bertz CT molecular complexity index is 1070. The van der Waals surface area contributed by atoms with Gasteiger partial charge in [-0.1, -0.05) is 30.5 Å². The molecule has 1 saturated carbocycles. The summed E-state index contributed by atoms with van der Waals surface area (Å²) in [6, 6.07) is 8.02. The van der Waals surface area contributed by atoms with Crippen LogP contribution in [0, 0.1) is 17.7 Å². The minimum absolute atomic E-state index is 0. The third-order valence-electron chi connectivity index (χ3n) is 5.29. The summed E-state index contributed by atoms with van der Waals surface area (Å²) in [5, 5.41) is 15.0. The van der Waals surface area contributed by atoms with Crippen molar-refractivity contribution in [2.24, 2.45) is 11.8 Å². The van der Waals surface area contributed by atoms with E-state index in [1.165, 1.54) is 23.5 Å². The first kappa shape index (κ1) is 24.2. The van der Waals surface area contributed by atoms with E-state index in [2.05, 4.69) is 15.3 Å². The third kappa shape index (κ3) is 6.09. The van der Waals surface area contributed by atoms with E-state index in [9.17, 15) is 14.3 Å². The SMILES string of the molecule is Cl.O=C(O)C1CCCC(Cc2cc(Oc3cccc(Cl)c3F)cc(Nc3nccs3)n2)C1. The number of nitrogens with zero attached hydrogens (tertiary/aromatic N) is 2. The molecule has 2 atom stereocenters. The number of halogens is 3. The van der Waals surface area contributed by atoms with E-state index in [1.807, 2.05) is 5.38 Å². The van der Waals surface area contributed by atoms with Gasteiger partial charge in [-0.3, -0.25) is 4.79 Å². The number of pyridine rings is 1. The number of aliphatic carboxylic acids is 1. The summed E-state index contributed by atoms with van der Waals surface area (Å²) >= 11 is 7.30. The fourth-order valence-corrected chi connectivity index (χ4v) is 4.57. The summed E-state index contributed by atoms with van der Waals surface area (Å²) in [4.78, 5) is 20.3. The molecule has 170 valence electrons. The van der Waals surface area contributed by atoms with Crippen molar-refractivity contribution in [2.45, 2.75) is 32.1 Å². The molecular weight excluding hydrogens is 476 g/mol. The molecule has 2 heterocycles. The number of thiazole rings is 1. The van der Waals surface area contributed by atoms with Crippen LogP contribution in [0.3, 0.4) is 0 Å². The second-order valence-corrected chi connectivity index (χ2v) is 8.87. The normalized spacial score (nSPS) is 17.9. The van der Waals surface area contributed by atoms with Crippen LogP contribution in [0.4, 0.5) is 15.3 Å². The summed E-state index contributed by atoms with van der Waals surface area (Å²) in [6.45, 7) is 0. The van der Waals surface area contributed by atoms with Crippen molar-refractivity contribution in [3.05, 3.63) is 58.4 Å². The van der Waals surface area contributed by atoms with E-state index in [1.54, 1.807) is 24.4 Å². The Labute approximate surface area is 200 Å². The minimum Gasteiger partial charge on any atom is -0.481 e. The zero-order valence-electron chi connectivity index (χ0n) is 17.0. The van der Waals surface area contributed by atoms with Crippen molar-refractivity contribution in [3.63, 3.8) is 0 Å². The molecule has 1 aromatic carbocycles. The molecule has 2 unspecified atom stereocenters. The van der Waals surface area contributed by atoms with Crippen molar-refractivity contribution in [1.29, 1.82) is 0 Å². The Morgan fingerprint density at radius 1 is 1.34 bits per heavy atom. The van der Waals surface area contributed by atoms with Crippen LogP contribution in [0.15, 0.2) is 41.9 Å². The third-order valence-corrected chi connectivity index (χ3v) is 6.27. The molecule has 1 aliphatic carbocycles. The van der Waals surface area contributed by atoms with E-state index in [0.29, 0.717) is 36.0 Å². The average molecular weight is 498 g/mol. The summed E-state index contributed by atoms with van der Waals surface area (Å²) in [5.74, 6) is -0.509. The van der Waals surface area contributed by atoms with Gasteiger partial charge in [0.1, 0.15) is 11.6 Å². The zero-order valence-corrected chi connectivity index (χ0v) is 19.4. The molecular formula is C22H22Cl2FN3O3S. The van der Waals surface area contributed by atoms with Crippen molar-refractivity contribution in [1.82, 2.24) is 9.97 Å². The van der Waals surface area contributed by atoms with Crippen LogP contribution in [0.25, 0.3) is 0 Å². The Morgan fingerprint density at radius 2 is 2.19 bits per heavy atom. The molecule has 1 fully saturated rings. The predicted molar refractivity (Wildman–Crippen MR) is 125 cm³/mol. The Hall–Kier alpha value is -2.42. The highest BCUT2D eigenvalue weighted by atomic mass is 35.5. The van der Waals surface area contributed by atoms with E-state index >= 15 is 0 Å². The van der Waals surface area contributed by atoms with Gasteiger partial charge in [-0.2, -0.15) is 0 Å². The number of hydrogen-bond acceptors (Lipinski definition) is 6. The van der Waals surface area contributed by atoms with Gasteiger partial charge in [0.15, 0.2) is 16.7 Å². The van der Waals surface area contributed by atoms with Crippen molar-refractivity contribution in [3.8, 4) is 11.5 Å². The molecule has 4 rings (SSSR count). The highest BCUT2D eigenvalue weighted by molar-refractivity contribution is 7.13. The summed E-state index contributed by atoms with van der Waals surface area (Å²) < 4.78 is 20.1. The standard InChI is InChI=1S/C22H21ClFN3O3S.ClH/c23-17-5-2-6-18(20(17)24)30-16-11-15(10-13-3-1-4-14(9-13)21(28)29)26-19(12-16)27-22-25-7-8-31-22;/h2,5-8,11-14H,1,3-4,9-10H2,(H,28,29)(H,25,26,27);1H. The number of nitrogens with one attached hydrogen (secondary N) is 1. The fraction of sp³-hybridized carbons (Fsp3) is 0.318. The van der Waals surface area contributed by atoms with E-state index < -0.39 is 11.8 Å². The van der Waals surface area contributed by atoms with Crippen LogP contribution in [0.1, 0.15) is 31.4 Å². The Kier molecular flexibility index (Phi) is 8.28. The molecule has 0 spiro atoms. The number of carbonyl (C=O) groups is 1. The highest BCUT2D eigenvalue weighted by Gasteiger charge is 2.27. The second kappa shape index (κ2) is 10.9. The first-order valence-electron chi connectivity index (χ1n) is 10.00. The number of carboxylic acids is 1. The molecule has 0 amide bonds. The molecule has 0 bridgehead atoms. The first-order valence-corrected chi connectivity index (χ1v) is 11.3. The first-order chi connectivity index (χ1) is 15.0. The molecule has 3 aromatic rings. The zero-order chi connectivity index (χ0) is 21.8. The van der Waals surface area contributed by atoms with Gasteiger partial charge in [0, 0.05) is 29.4 Å². The molecule has 10 heteroatoms. The number of ether oxygens (including phenoxy) is 1. The Balaban J connectivity index is 0.00000289. The maximum Gasteiger partial charge on any atom is 0.306 e. The fourth-order valence-electron chi connectivity index (χ4n) is 3.87. The molecule has 6 nitrogen and oxygen atoms in total. The number of carboxylic acid groups (broad SMARTS) is 1. The topological polar surface area (TPSA) is 84.3 Å². The molecule has 0 saturated heterocycles. The number of benzene rings is 1. The lowest BCUT2D eigenvalue weighted by Crippen LogP contribution is -2.24.